The first-order valence-corrected chi connectivity index (χ1v) is 5.88. The summed E-state index contributed by atoms with van der Waals surface area (Å²) in [5.41, 5.74) is 4.02. The van der Waals surface area contributed by atoms with Gasteiger partial charge in [-0.25, -0.2) is 0 Å². The number of nitrogens with zero attached hydrogens (tertiary/aromatic N) is 2. The topological polar surface area (TPSA) is 29.9 Å². The first-order chi connectivity index (χ1) is 7.11. The predicted molar refractivity (Wildman–Crippen MR) is 62.0 cm³/mol. The van der Waals surface area contributed by atoms with E-state index in [1.54, 1.807) is 0 Å². The van der Waals surface area contributed by atoms with Gasteiger partial charge in [0.1, 0.15) is 0 Å². The highest BCUT2D eigenvalue weighted by molar-refractivity contribution is 5.29. The second-order valence-corrected chi connectivity index (χ2v) is 4.82. The molecular weight excluding hydrogens is 186 g/mol. The third-order valence-electron chi connectivity index (χ3n) is 3.31. The zero-order valence-electron chi connectivity index (χ0n) is 10.2. The SMILES string of the molecule is Cc1c(C(C)C)nn(C)c1C1CCCN1. The van der Waals surface area contributed by atoms with E-state index in [-0.39, 0.29) is 0 Å². The maximum absolute atomic E-state index is 4.63. The van der Waals surface area contributed by atoms with Gasteiger partial charge in [0.2, 0.25) is 0 Å². The van der Waals surface area contributed by atoms with Crippen LogP contribution >= 0.6 is 0 Å². The summed E-state index contributed by atoms with van der Waals surface area (Å²) in [7, 11) is 2.06. The molecule has 1 unspecified atom stereocenters. The number of hydrogen-bond acceptors (Lipinski definition) is 2. The highest BCUT2D eigenvalue weighted by Gasteiger charge is 2.24. The second kappa shape index (κ2) is 3.97. The Labute approximate surface area is 91.9 Å². The van der Waals surface area contributed by atoms with Crippen molar-refractivity contribution in [3.05, 3.63) is 17.0 Å². The quantitative estimate of drug-likeness (QED) is 0.806. The van der Waals surface area contributed by atoms with Gasteiger partial charge in [-0.15, -0.1) is 0 Å². The molecule has 0 bridgehead atoms. The molecule has 0 radical (unpaired) electrons. The monoisotopic (exact) mass is 207 g/mol. The Balaban J connectivity index is 2.37. The molecule has 1 N–H and O–H groups in total. The van der Waals surface area contributed by atoms with Crippen LogP contribution in [0.25, 0.3) is 0 Å². The molecule has 1 aromatic rings. The Morgan fingerprint density at radius 1 is 1.47 bits per heavy atom. The molecule has 0 saturated carbocycles. The fourth-order valence-electron chi connectivity index (χ4n) is 2.62. The number of hydrogen-bond donors (Lipinski definition) is 1. The summed E-state index contributed by atoms with van der Waals surface area (Å²) in [6.45, 7) is 7.77. The summed E-state index contributed by atoms with van der Waals surface area (Å²) >= 11 is 0. The molecule has 0 amide bonds. The normalized spacial score (nSPS) is 21.5. The van der Waals surface area contributed by atoms with Crippen molar-refractivity contribution in [2.75, 3.05) is 6.54 Å². The maximum atomic E-state index is 4.63. The Kier molecular flexibility index (Phi) is 2.83. The average molecular weight is 207 g/mol. The fourth-order valence-corrected chi connectivity index (χ4v) is 2.62. The maximum Gasteiger partial charge on any atom is 0.0682 e. The van der Waals surface area contributed by atoms with Crippen molar-refractivity contribution in [3.8, 4) is 0 Å². The lowest BCUT2D eigenvalue weighted by molar-refractivity contribution is 0.569. The van der Waals surface area contributed by atoms with E-state index in [2.05, 4.69) is 42.9 Å². The van der Waals surface area contributed by atoms with Crippen LogP contribution in [0, 0.1) is 6.92 Å². The predicted octanol–water partition coefficient (Wildman–Crippen LogP) is 2.28. The first-order valence-electron chi connectivity index (χ1n) is 5.88. The summed E-state index contributed by atoms with van der Waals surface area (Å²) in [5.74, 6) is 0.520. The molecule has 1 fully saturated rings. The van der Waals surface area contributed by atoms with Crippen molar-refractivity contribution in [2.24, 2.45) is 7.05 Å². The molecule has 2 heterocycles. The lowest BCUT2D eigenvalue weighted by Gasteiger charge is -2.12. The molecule has 3 nitrogen and oxygen atoms in total. The van der Waals surface area contributed by atoms with Gasteiger partial charge in [-0.05, 0) is 37.8 Å². The van der Waals surface area contributed by atoms with E-state index in [0.29, 0.717) is 12.0 Å². The zero-order valence-corrected chi connectivity index (χ0v) is 10.2. The van der Waals surface area contributed by atoms with E-state index in [4.69, 9.17) is 0 Å². The zero-order chi connectivity index (χ0) is 11.0. The summed E-state index contributed by atoms with van der Waals surface area (Å²) in [4.78, 5) is 0. The van der Waals surface area contributed by atoms with E-state index in [9.17, 15) is 0 Å². The molecule has 0 aliphatic carbocycles. The van der Waals surface area contributed by atoms with Crippen LogP contribution in [0.4, 0.5) is 0 Å². The second-order valence-electron chi connectivity index (χ2n) is 4.82. The number of aromatic nitrogens is 2. The first kappa shape index (κ1) is 10.7. The van der Waals surface area contributed by atoms with Crippen LogP contribution in [0.15, 0.2) is 0 Å². The average Bonchev–Trinajstić information content (AvgIpc) is 2.73. The van der Waals surface area contributed by atoms with Crippen molar-refractivity contribution in [1.29, 1.82) is 0 Å². The molecule has 1 aliphatic heterocycles. The van der Waals surface area contributed by atoms with Crippen LogP contribution in [0.3, 0.4) is 0 Å². The molecule has 0 spiro atoms. The minimum Gasteiger partial charge on any atom is -0.309 e. The molecule has 0 aromatic carbocycles. The van der Waals surface area contributed by atoms with E-state index in [1.807, 2.05) is 0 Å². The standard InChI is InChI=1S/C12H21N3/c1-8(2)11-9(3)12(15(4)14-11)10-6-5-7-13-10/h8,10,13H,5-7H2,1-4H3. The number of rotatable bonds is 2. The van der Waals surface area contributed by atoms with E-state index in [0.717, 1.165) is 6.54 Å². The van der Waals surface area contributed by atoms with Gasteiger partial charge in [0, 0.05) is 13.1 Å². The van der Waals surface area contributed by atoms with E-state index >= 15 is 0 Å². The van der Waals surface area contributed by atoms with Crippen LogP contribution in [0.2, 0.25) is 0 Å². The molecule has 15 heavy (non-hydrogen) atoms. The van der Waals surface area contributed by atoms with Crippen LogP contribution < -0.4 is 5.32 Å². The molecule has 1 aliphatic rings. The molecule has 1 aromatic heterocycles. The summed E-state index contributed by atoms with van der Waals surface area (Å²) in [5, 5.41) is 8.18. The van der Waals surface area contributed by atoms with Crippen molar-refractivity contribution in [3.63, 3.8) is 0 Å². The molecule has 3 heteroatoms. The van der Waals surface area contributed by atoms with Gasteiger partial charge in [-0.3, -0.25) is 4.68 Å². The van der Waals surface area contributed by atoms with Crippen LogP contribution in [0.1, 0.15) is 55.6 Å². The van der Waals surface area contributed by atoms with Crippen LogP contribution in [0.5, 0.6) is 0 Å². The highest BCUT2D eigenvalue weighted by atomic mass is 15.3. The Morgan fingerprint density at radius 3 is 2.67 bits per heavy atom. The smallest absolute Gasteiger partial charge is 0.0682 e. The lowest BCUT2D eigenvalue weighted by atomic mass is 10.0. The van der Waals surface area contributed by atoms with Gasteiger partial charge in [0.05, 0.1) is 11.4 Å². The third kappa shape index (κ3) is 1.81. The Bertz CT molecular complexity index is 346. The van der Waals surface area contributed by atoms with Gasteiger partial charge in [-0.1, -0.05) is 13.8 Å². The van der Waals surface area contributed by atoms with Crippen LogP contribution in [-0.4, -0.2) is 16.3 Å². The Morgan fingerprint density at radius 2 is 2.20 bits per heavy atom. The van der Waals surface area contributed by atoms with Gasteiger partial charge >= 0.3 is 0 Å². The summed E-state index contributed by atoms with van der Waals surface area (Å²) in [6, 6.07) is 0.523. The van der Waals surface area contributed by atoms with Crippen molar-refractivity contribution in [1.82, 2.24) is 15.1 Å². The highest BCUT2D eigenvalue weighted by Crippen LogP contribution is 2.29. The lowest BCUT2D eigenvalue weighted by Crippen LogP contribution is -2.17. The van der Waals surface area contributed by atoms with E-state index in [1.165, 1.54) is 29.8 Å². The molecule has 84 valence electrons. The number of aryl methyl sites for hydroxylation is 1. The number of nitrogens with one attached hydrogen (secondary N) is 1. The third-order valence-corrected chi connectivity index (χ3v) is 3.31. The van der Waals surface area contributed by atoms with Crippen molar-refractivity contribution in [2.45, 2.75) is 45.6 Å². The fraction of sp³-hybridized carbons (Fsp3) is 0.750. The van der Waals surface area contributed by atoms with Gasteiger partial charge in [-0.2, -0.15) is 5.10 Å². The molecular formula is C12H21N3. The van der Waals surface area contributed by atoms with Gasteiger partial charge in [0.15, 0.2) is 0 Å². The van der Waals surface area contributed by atoms with Gasteiger partial charge in [0.25, 0.3) is 0 Å². The minimum absolute atomic E-state index is 0.520. The largest absolute Gasteiger partial charge is 0.309 e. The molecule has 2 rings (SSSR count). The summed E-state index contributed by atoms with van der Waals surface area (Å²) in [6.07, 6.45) is 2.53. The Hall–Kier alpha value is -0.830. The summed E-state index contributed by atoms with van der Waals surface area (Å²) < 4.78 is 2.06. The van der Waals surface area contributed by atoms with E-state index < -0.39 is 0 Å². The van der Waals surface area contributed by atoms with Crippen LogP contribution in [-0.2, 0) is 7.05 Å². The minimum atomic E-state index is 0.520. The van der Waals surface area contributed by atoms with Crippen molar-refractivity contribution >= 4 is 0 Å². The van der Waals surface area contributed by atoms with Gasteiger partial charge < -0.3 is 5.32 Å². The molecule has 1 saturated heterocycles. The molecule has 1 atom stereocenters. The van der Waals surface area contributed by atoms with Crippen molar-refractivity contribution < 1.29 is 0 Å².